The highest BCUT2D eigenvalue weighted by molar-refractivity contribution is 9.10. The first-order chi connectivity index (χ1) is 18.3. The molecule has 4 amide bonds. The van der Waals surface area contributed by atoms with Gasteiger partial charge in [0, 0.05) is 44.5 Å². The van der Waals surface area contributed by atoms with E-state index in [1.54, 1.807) is 21.9 Å². The van der Waals surface area contributed by atoms with E-state index in [2.05, 4.69) is 42.5 Å². The first kappa shape index (κ1) is 26.4. The Hall–Kier alpha value is -3.24. The lowest BCUT2D eigenvalue weighted by atomic mass is 9.96. The minimum Gasteiger partial charge on any atom is -0.508 e. The normalized spacial score (nSPS) is 19.0. The molecule has 2 aliphatic heterocycles. The zero-order valence-corrected chi connectivity index (χ0v) is 23.7. The Morgan fingerprint density at radius 3 is 1.42 bits per heavy atom. The van der Waals surface area contributed by atoms with Gasteiger partial charge in [0.05, 0.1) is 12.1 Å². The number of nitrogens with one attached hydrogen (secondary N) is 2. The van der Waals surface area contributed by atoms with E-state index in [1.807, 2.05) is 48.5 Å². The van der Waals surface area contributed by atoms with Crippen LogP contribution in [0, 0.1) is 0 Å². The van der Waals surface area contributed by atoms with Gasteiger partial charge < -0.3 is 30.6 Å². The molecule has 2 aliphatic rings. The molecule has 3 aromatic rings. The van der Waals surface area contributed by atoms with Gasteiger partial charge in [0.15, 0.2) is 0 Å². The van der Waals surface area contributed by atoms with Gasteiger partial charge in [0.1, 0.15) is 11.5 Å². The van der Waals surface area contributed by atoms with E-state index >= 15 is 0 Å². The molecule has 2 heterocycles. The van der Waals surface area contributed by atoms with Crippen molar-refractivity contribution in [2.75, 3.05) is 23.7 Å². The first-order valence-electron chi connectivity index (χ1n) is 12.5. The molecule has 4 N–H and O–H groups in total. The van der Waals surface area contributed by atoms with Crippen LogP contribution in [0.25, 0.3) is 0 Å². The number of benzene rings is 3. The van der Waals surface area contributed by atoms with Crippen molar-refractivity contribution < 1.29 is 19.8 Å². The molecule has 38 heavy (non-hydrogen) atoms. The Morgan fingerprint density at radius 1 is 0.684 bits per heavy atom. The molecule has 0 spiro atoms. The molecule has 0 bridgehead atoms. The van der Waals surface area contributed by atoms with Gasteiger partial charge in [-0.1, -0.05) is 31.9 Å². The number of likely N-dealkylation sites (tertiary alicyclic amines) is 2. The van der Waals surface area contributed by atoms with Crippen molar-refractivity contribution in [2.24, 2.45) is 0 Å². The highest BCUT2D eigenvalue weighted by atomic mass is 79.9. The van der Waals surface area contributed by atoms with Crippen molar-refractivity contribution in [1.82, 2.24) is 9.80 Å². The largest absolute Gasteiger partial charge is 0.508 e. The summed E-state index contributed by atoms with van der Waals surface area (Å²) >= 11 is 6.78. The summed E-state index contributed by atoms with van der Waals surface area (Å²) in [6.45, 7) is 1.09. The number of hydrogen-bond acceptors (Lipinski definition) is 4. The zero-order valence-electron chi connectivity index (χ0n) is 20.5. The molecule has 0 saturated carbocycles. The molecule has 198 valence electrons. The van der Waals surface area contributed by atoms with Crippen LogP contribution < -0.4 is 10.6 Å². The molecule has 0 aliphatic carbocycles. The minimum absolute atomic E-state index is 0.00584. The number of halogens is 2. The second-order valence-corrected chi connectivity index (χ2v) is 11.4. The molecule has 2 atom stereocenters. The van der Waals surface area contributed by atoms with Crippen LogP contribution in [-0.2, 0) is 0 Å². The van der Waals surface area contributed by atoms with Crippen molar-refractivity contribution in [2.45, 2.75) is 37.8 Å². The van der Waals surface area contributed by atoms with Gasteiger partial charge in [-0.05, 0) is 86.3 Å². The number of amides is 4. The van der Waals surface area contributed by atoms with Gasteiger partial charge in [-0.3, -0.25) is 0 Å². The average molecular weight is 644 g/mol. The van der Waals surface area contributed by atoms with Crippen LogP contribution >= 0.6 is 31.9 Å². The molecule has 0 aromatic heterocycles. The number of anilines is 2. The van der Waals surface area contributed by atoms with Crippen LogP contribution in [-0.4, -0.2) is 45.2 Å². The van der Waals surface area contributed by atoms with Crippen LogP contribution in [0.4, 0.5) is 21.0 Å². The number of carbonyl (C=O) groups excluding carboxylic acids is 2. The van der Waals surface area contributed by atoms with E-state index in [4.69, 9.17) is 0 Å². The van der Waals surface area contributed by atoms with E-state index in [0.29, 0.717) is 48.4 Å². The van der Waals surface area contributed by atoms with Gasteiger partial charge >= 0.3 is 12.1 Å². The van der Waals surface area contributed by atoms with Gasteiger partial charge in [0.25, 0.3) is 0 Å². The quantitative estimate of drug-likeness (QED) is 0.223. The smallest absolute Gasteiger partial charge is 0.322 e. The lowest BCUT2D eigenvalue weighted by Crippen LogP contribution is -2.35. The second-order valence-electron chi connectivity index (χ2n) is 9.55. The maximum absolute atomic E-state index is 13.0. The number of hydrogen-bond donors (Lipinski definition) is 4. The topological polar surface area (TPSA) is 105 Å². The third-order valence-electron chi connectivity index (χ3n) is 7.11. The van der Waals surface area contributed by atoms with Crippen molar-refractivity contribution in [3.8, 4) is 11.5 Å². The molecule has 5 rings (SSSR count). The van der Waals surface area contributed by atoms with E-state index in [0.717, 1.165) is 21.8 Å². The molecule has 8 nitrogen and oxygen atoms in total. The third-order valence-corrected chi connectivity index (χ3v) is 8.17. The second kappa shape index (κ2) is 11.2. The first-order valence-corrected chi connectivity index (χ1v) is 14.1. The predicted octanol–water partition coefficient (Wildman–Crippen LogP) is 7.36. The van der Waals surface area contributed by atoms with Gasteiger partial charge in [0.2, 0.25) is 0 Å². The SMILES string of the molecule is O=C(Nc1ccc(Br)cc1)N1CCCC1c1cc(O)c(C2CCCN2C(=O)Nc2ccc(Br)cc2)cc1O. The molecule has 2 unspecified atom stereocenters. The Bertz CT molecular complexity index is 1230. The standard InChI is InChI=1S/C28H28Br2N4O4/c29-17-5-9-19(10-6-17)31-27(37)33-13-1-3-23(33)21-15-26(36)22(16-25(21)35)24-4-2-14-34(24)28(38)32-20-11-7-18(30)8-12-20/h5-12,15-16,23-24,35-36H,1-4,13-14H2,(H,31,37)(H,32,38). The number of phenols is 2. The fourth-order valence-electron chi connectivity index (χ4n) is 5.27. The summed E-state index contributed by atoms with van der Waals surface area (Å²) in [5, 5.41) is 27.9. The molecule has 2 fully saturated rings. The van der Waals surface area contributed by atoms with Crippen LogP contribution in [0.5, 0.6) is 11.5 Å². The zero-order chi connectivity index (χ0) is 26.8. The van der Waals surface area contributed by atoms with Crippen LogP contribution in [0.3, 0.4) is 0 Å². The van der Waals surface area contributed by atoms with Crippen LogP contribution in [0.2, 0.25) is 0 Å². The molecule has 0 radical (unpaired) electrons. The Balaban J connectivity index is 1.33. The highest BCUT2D eigenvalue weighted by Gasteiger charge is 2.35. The van der Waals surface area contributed by atoms with Crippen molar-refractivity contribution in [3.63, 3.8) is 0 Å². The van der Waals surface area contributed by atoms with E-state index in [9.17, 15) is 19.8 Å². The summed E-state index contributed by atoms with van der Waals surface area (Å²) in [6.07, 6.45) is 2.91. The number of rotatable bonds is 4. The molecule has 2 saturated heterocycles. The maximum Gasteiger partial charge on any atom is 0.322 e. The van der Waals surface area contributed by atoms with E-state index in [-0.39, 0.29) is 35.6 Å². The van der Waals surface area contributed by atoms with Crippen LogP contribution in [0.1, 0.15) is 48.9 Å². The Kier molecular flexibility index (Phi) is 7.80. The molecule has 3 aromatic carbocycles. The fraction of sp³-hybridized carbons (Fsp3) is 0.286. The lowest BCUT2D eigenvalue weighted by Gasteiger charge is -2.29. The minimum atomic E-state index is -0.370. The summed E-state index contributed by atoms with van der Waals surface area (Å²) < 4.78 is 1.84. The molecular formula is C28H28Br2N4O4. The Morgan fingerprint density at radius 2 is 1.05 bits per heavy atom. The van der Waals surface area contributed by atoms with Crippen LogP contribution in [0.15, 0.2) is 69.6 Å². The van der Waals surface area contributed by atoms with E-state index in [1.165, 1.54) is 0 Å². The number of urea groups is 2. The van der Waals surface area contributed by atoms with E-state index < -0.39 is 0 Å². The summed E-state index contributed by atoms with van der Waals surface area (Å²) in [5.74, 6) is 0.0117. The van der Waals surface area contributed by atoms with Crippen molar-refractivity contribution in [3.05, 3.63) is 80.7 Å². The summed E-state index contributed by atoms with van der Waals surface area (Å²) in [6, 6.07) is 16.5. The van der Waals surface area contributed by atoms with Gasteiger partial charge in [-0.25, -0.2) is 9.59 Å². The van der Waals surface area contributed by atoms with Gasteiger partial charge in [-0.2, -0.15) is 0 Å². The van der Waals surface area contributed by atoms with Crippen molar-refractivity contribution in [1.29, 1.82) is 0 Å². The fourth-order valence-corrected chi connectivity index (χ4v) is 5.79. The average Bonchev–Trinajstić information content (AvgIpc) is 3.58. The molecule has 10 heteroatoms. The number of phenolic OH excluding ortho intramolecular Hbond substituents is 2. The number of carbonyl (C=O) groups is 2. The Labute approximate surface area is 237 Å². The predicted molar refractivity (Wildman–Crippen MR) is 153 cm³/mol. The monoisotopic (exact) mass is 642 g/mol. The number of aromatic hydroxyl groups is 2. The lowest BCUT2D eigenvalue weighted by molar-refractivity contribution is 0.204. The highest BCUT2D eigenvalue weighted by Crippen LogP contribution is 2.44. The molecular weight excluding hydrogens is 616 g/mol. The summed E-state index contributed by atoms with van der Waals surface area (Å²) in [7, 11) is 0. The van der Waals surface area contributed by atoms with Crippen molar-refractivity contribution >= 4 is 55.3 Å². The van der Waals surface area contributed by atoms with Gasteiger partial charge in [-0.15, -0.1) is 0 Å². The summed E-state index contributed by atoms with van der Waals surface area (Å²) in [5.41, 5.74) is 2.35. The third kappa shape index (κ3) is 5.61. The summed E-state index contributed by atoms with van der Waals surface area (Å²) in [4.78, 5) is 29.5. The maximum atomic E-state index is 13.0. The number of nitrogens with zero attached hydrogens (tertiary/aromatic N) is 2.